The van der Waals surface area contributed by atoms with E-state index < -0.39 is 0 Å². The van der Waals surface area contributed by atoms with Crippen LogP contribution in [0.1, 0.15) is 19.8 Å². The summed E-state index contributed by atoms with van der Waals surface area (Å²) in [7, 11) is 1.66. The molecule has 1 aromatic heterocycles. The first-order chi connectivity index (χ1) is 9.10. The van der Waals surface area contributed by atoms with Crippen molar-refractivity contribution in [2.45, 2.75) is 31.5 Å². The number of amides is 1. The molecule has 0 aliphatic rings. The quantitative estimate of drug-likeness (QED) is 0.733. The number of carbonyl (C=O) groups is 1. The fourth-order valence-electron chi connectivity index (χ4n) is 1.41. The Labute approximate surface area is 115 Å². The average molecular weight is 283 g/mol. The predicted octanol–water partition coefficient (Wildman–Crippen LogP) is 0.446. The summed E-state index contributed by atoms with van der Waals surface area (Å²) in [5.74, 6) is 0.120. The lowest BCUT2D eigenvalue weighted by Gasteiger charge is -2.14. The van der Waals surface area contributed by atoms with E-state index in [1.807, 2.05) is 13.0 Å². The SMILES string of the molecule is CCCn1c(SCC(=O)N(C)CCC#N)n[nH]c1=O. The smallest absolute Gasteiger partial charge is 0.343 e. The Balaban J connectivity index is 2.55. The first kappa shape index (κ1) is 15.3. The van der Waals surface area contributed by atoms with Crippen LogP contribution in [0.5, 0.6) is 0 Å². The molecule has 1 N–H and O–H groups in total. The molecule has 0 aliphatic heterocycles. The zero-order valence-electron chi connectivity index (χ0n) is 11.0. The molecule has 1 aromatic rings. The Bertz CT molecular complexity index is 516. The van der Waals surface area contributed by atoms with E-state index >= 15 is 0 Å². The summed E-state index contributed by atoms with van der Waals surface area (Å²) in [6.07, 6.45) is 1.14. The second kappa shape index (κ2) is 7.63. The van der Waals surface area contributed by atoms with E-state index in [1.165, 1.54) is 21.2 Å². The number of nitrogens with one attached hydrogen (secondary N) is 1. The zero-order valence-corrected chi connectivity index (χ0v) is 11.9. The highest BCUT2D eigenvalue weighted by atomic mass is 32.2. The van der Waals surface area contributed by atoms with Crippen molar-refractivity contribution in [1.82, 2.24) is 19.7 Å². The van der Waals surface area contributed by atoms with Crippen LogP contribution in [0.15, 0.2) is 9.95 Å². The van der Waals surface area contributed by atoms with Crippen molar-refractivity contribution in [2.75, 3.05) is 19.3 Å². The lowest BCUT2D eigenvalue weighted by Crippen LogP contribution is -2.29. The number of hydrogen-bond donors (Lipinski definition) is 1. The molecule has 0 aliphatic carbocycles. The summed E-state index contributed by atoms with van der Waals surface area (Å²) >= 11 is 1.22. The number of hydrogen-bond acceptors (Lipinski definition) is 5. The van der Waals surface area contributed by atoms with Crippen LogP contribution in [-0.2, 0) is 11.3 Å². The summed E-state index contributed by atoms with van der Waals surface area (Å²) in [5.41, 5.74) is -0.255. The lowest BCUT2D eigenvalue weighted by molar-refractivity contribution is -0.127. The van der Waals surface area contributed by atoms with Crippen LogP contribution < -0.4 is 5.69 Å². The summed E-state index contributed by atoms with van der Waals surface area (Å²) in [4.78, 5) is 24.7. The van der Waals surface area contributed by atoms with Gasteiger partial charge in [-0.1, -0.05) is 18.7 Å². The minimum Gasteiger partial charge on any atom is -0.344 e. The Morgan fingerprint density at radius 2 is 2.37 bits per heavy atom. The zero-order chi connectivity index (χ0) is 14.3. The van der Waals surface area contributed by atoms with Gasteiger partial charge in [-0.05, 0) is 6.42 Å². The third-order valence-electron chi connectivity index (χ3n) is 2.48. The number of thioether (sulfide) groups is 1. The van der Waals surface area contributed by atoms with Crippen molar-refractivity contribution in [1.29, 1.82) is 5.26 Å². The van der Waals surface area contributed by atoms with Crippen LogP contribution in [0.4, 0.5) is 0 Å². The number of aromatic nitrogens is 3. The molecule has 0 atom stereocenters. The number of carbonyl (C=O) groups excluding carboxylic acids is 1. The predicted molar refractivity (Wildman–Crippen MR) is 71.7 cm³/mol. The van der Waals surface area contributed by atoms with Crippen molar-refractivity contribution in [3.05, 3.63) is 10.5 Å². The summed E-state index contributed by atoms with van der Waals surface area (Å²) in [6.45, 7) is 2.96. The van der Waals surface area contributed by atoms with Gasteiger partial charge in [-0.2, -0.15) is 5.26 Å². The van der Waals surface area contributed by atoms with Crippen molar-refractivity contribution in [2.24, 2.45) is 0 Å². The van der Waals surface area contributed by atoms with E-state index in [0.717, 1.165) is 6.42 Å². The Kier molecular flexibility index (Phi) is 6.15. The van der Waals surface area contributed by atoms with Gasteiger partial charge in [0.25, 0.3) is 0 Å². The monoisotopic (exact) mass is 283 g/mol. The van der Waals surface area contributed by atoms with Gasteiger partial charge < -0.3 is 4.90 Å². The first-order valence-electron chi connectivity index (χ1n) is 5.99. The molecule has 1 heterocycles. The molecule has 19 heavy (non-hydrogen) atoms. The molecule has 0 fully saturated rings. The normalized spacial score (nSPS) is 10.2. The molecule has 0 aromatic carbocycles. The van der Waals surface area contributed by atoms with Crippen LogP contribution in [0.3, 0.4) is 0 Å². The maximum atomic E-state index is 11.8. The maximum absolute atomic E-state index is 11.8. The standard InChI is InChI=1S/C11H17N5O2S/c1-3-6-16-10(18)13-14-11(16)19-8-9(17)15(2)7-4-5-12/h3-4,6-8H2,1-2H3,(H,13,18). The highest BCUT2D eigenvalue weighted by Crippen LogP contribution is 2.13. The molecular weight excluding hydrogens is 266 g/mol. The van der Waals surface area contributed by atoms with Crippen LogP contribution in [0.25, 0.3) is 0 Å². The molecule has 7 nitrogen and oxygen atoms in total. The molecule has 104 valence electrons. The van der Waals surface area contributed by atoms with Crippen LogP contribution in [0.2, 0.25) is 0 Å². The van der Waals surface area contributed by atoms with Gasteiger partial charge >= 0.3 is 5.69 Å². The molecule has 1 rings (SSSR count). The van der Waals surface area contributed by atoms with Crippen LogP contribution in [-0.4, -0.2) is 44.9 Å². The fourth-order valence-corrected chi connectivity index (χ4v) is 2.33. The van der Waals surface area contributed by atoms with E-state index in [2.05, 4.69) is 10.2 Å². The number of nitriles is 1. The molecule has 1 amide bonds. The van der Waals surface area contributed by atoms with Gasteiger partial charge in [0, 0.05) is 20.1 Å². The second-order valence-corrected chi connectivity index (χ2v) is 4.92. The topological polar surface area (TPSA) is 94.8 Å². The average Bonchev–Trinajstić information content (AvgIpc) is 2.75. The highest BCUT2D eigenvalue weighted by Gasteiger charge is 2.13. The third-order valence-corrected chi connectivity index (χ3v) is 3.44. The van der Waals surface area contributed by atoms with Gasteiger partial charge in [0.15, 0.2) is 5.16 Å². The van der Waals surface area contributed by atoms with Gasteiger partial charge in [-0.15, -0.1) is 5.10 Å². The van der Waals surface area contributed by atoms with Gasteiger partial charge in [0.05, 0.1) is 18.2 Å². The van der Waals surface area contributed by atoms with E-state index in [0.29, 0.717) is 24.7 Å². The Morgan fingerprint density at radius 3 is 3.00 bits per heavy atom. The molecule has 0 unspecified atom stereocenters. The number of aromatic amines is 1. The minimum atomic E-state index is -0.255. The molecule has 0 saturated carbocycles. The van der Waals surface area contributed by atoms with E-state index in [1.54, 1.807) is 7.05 Å². The number of nitrogens with zero attached hydrogens (tertiary/aromatic N) is 4. The molecule has 0 spiro atoms. The van der Waals surface area contributed by atoms with E-state index in [9.17, 15) is 9.59 Å². The molecule has 0 saturated heterocycles. The highest BCUT2D eigenvalue weighted by molar-refractivity contribution is 7.99. The van der Waals surface area contributed by atoms with Crippen molar-refractivity contribution < 1.29 is 4.79 Å². The number of rotatable bonds is 7. The molecule has 0 radical (unpaired) electrons. The van der Waals surface area contributed by atoms with Gasteiger partial charge in [0.1, 0.15) is 0 Å². The van der Waals surface area contributed by atoms with Crippen molar-refractivity contribution in [3.8, 4) is 6.07 Å². The van der Waals surface area contributed by atoms with Gasteiger partial charge in [0.2, 0.25) is 5.91 Å². The lowest BCUT2D eigenvalue weighted by atomic mass is 10.4. The molecule has 0 bridgehead atoms. The molecular formula is C11H17N5O2S. The van der Waals surface area contributed by atoms with Gasteiger partial charge in [-0.25, -0.2) is 9.89 Å². The van der Waals surface area contributed by atoms with Gasteiger partial charge in [-0.3, -0.25) is 9.36 Å². The van der Waals surface area contributed by atoms with Crippen molar-refractivity contribution in [3.63, 3.8) is 0 Å². The summed E-state index contributed by atoms with van der Waals surface area (Å²) in [5, 5.41) is 15.3. The van der Waals surface area contributed by atoms with Crippen molar-refractivity contribution >= 4 is 17.7 Å². The second-order valence-electron chi connectivity index (χ2n) is 3.98. The Hall–Kier alpha value is -1.75. The summed E-state index contributed by atoms with van der Waals surface area (Å²) in [6, 6.07) is 1.99. The Morgan fingerprint density at radius 1 is 1.63 bits per heavy atom. The third kappa shape index (κ3) is 4.44. The van der Waals surface area contributed by atoms with E-state index in [4.69, 9.17) is 5.26 Å². The van der Waals surface area contributed by atoms with Crippen LogP contribution in [0, 0.1) is 11.3 Å². The maximum Gasteiger partial charge on any atom is 0.343 e. The van der Waals surface area contributed by atoms with E-state index in [-0.39, 0.29) is 17.3 Å². The van der Waals surface area contributed by atoms with Crippen LogP contribution >= 0.6 is 11.8 Å². The summed E-state index contributed by atoms with van der Waals surface area (Å²) < 4.78 is 1.52. The molecule has 8 heteroatoms. The number of H-pyrrole nitrogens is 1. The first-order valence-corrected chi connectivity index (χ1v) is 6.97. The largest absolute Gasteiger partial charge is 0.344 e. The minimum absolute atomic E-state index is 0.0845. The fraction of sp³-hybridized carbons (Fsp3) is 0.636.